The topological polar surface area (TPSA) is 51.2 Å². The van der Waals surface area contributed by atoms with Crippen LogP contribution < -0.4 is 5.32 Å². The Hall–Kier alpha value is -0.920. The third-order valence-electron chi connectivity index (χ3n) is 2.27. The molecular weight excluding hydrogens is 396 g/mol. The number of ether oxygens (including phenoxy) is 1. The van der Waals surface area contributed by atoms with Crippen LogP contribution in [-0.4, -0.2) is 18.1 Å². The van der Waals surface area contributed by atoms with Crippen molar-refractivity contribution in [1.82, 2.24) is 4.98 Å². The van der Waals surface area contributed by atoms with E-state index >= 15 is 0 Å². The van der Waals surface area contributed by atoms with Gasteiger partial charge in [0, 0.05) is 14.3 Å². The molecule has 100 valence electrons. The second kappa shape index (κ2) is 6.49. The van der Waals surface area contributed by atoms with Gasteiger partial charge in [-0.3, -0.25) is 4.79 Å². The maximum Gasteiger partial charge on any atom is 0.311 e. The average molecular weight is 406 g/mol. The monoisotopic (exact) mass is 404 g/mol. The predicted octanol–water partition coefficient (Wildman–Crippen LogP) is 4.13. The lowest BCUT2D eigenvalue weighted by atomic mass is 10.3. The van der Waals surface area contributed by atoms with Crippen molar-refractivity contribution in [2.24, 2.45) is 0 Å². The lowest BCUT2D eigenvalue weighted by Gasteiger charge is -2.05. The second-order valence-corrected chi connectivity index (χ2v) is 6.27. The molecule has 0 aliphatic rings. The van der Waals surface area contributed by atoms with Crippen LogP contribution >= 0.6 is 43.2 Å². The Bertz CT molecular complexity index is 601. The van der Waals surface area contributed by atoms with Gasteiger partial charge in [0.15, 0.2) is 5.13 Å². The van der Waals surface area contributed by atoms with Crippen molar-refractivity contribution in [2.45, 2.75) is 6.42 Å². The van der Waals surface area contributed by atoms with Gasteiger partial charge < -0.3 is 10.1 Å². The van der Waals surface area contributed by atoms with Gasteiger partial charge in [0.05, 0.1) is 24.9 Å². The molecule has 4 nitrogen and oxygen atoms in total. The highest BCUT2D eigenvalue weighted by molar-refractivity contribution is 9.11. The number of hydrogen-bond acceptors (Lipinski definition) is 5. The molecule has 1 heterocycles. The van der Waals surface area contributed by atoms with Crippen molar-refractivity contribution < 1.29 is 9.53 Å². The van der Waals surface area contributed by atoms with Crippen LogP contribution in [-0.2, 0) is 16.0 Å². The summed E-state index contributed by atoms with van der Waals surface area (Å²) >= 11 is 8.33. The highest BCUT2D eigenvalue weighted by atomic mass is 79.9. The van der Waals surface area contributed by atoms with E-state index in [0.29, 0.717) is 5.69 Å². The molecule has 0 bridgehead atoms. The zero-order valence-corrected chi connectivity index (χ0v) is 13.9. The van der Waals surface area contributed by atoms with E-state index in [2.05, 4.69) is 46.9 Å². The SMILES string of the molecule is COC(=O)Cc1csc(Nc2cc(Br)ccc2Br)n1. The molecule has 0 aliphatic carbocycles. The molecule has 2 rings (SSSR count). The molecule has 0 atom stereocenters. The Balaban J connectivity index is 2.11. The normalized spacial score (nSPS) is 10.3. The van der Waals surface area contributed by atoms with Gasteiger partial charge >= 0.3 is 5.97 Å². The lowest BCUT2D eigenvalue weighted by Crippen LogP contribution is -2.04. The van der Waals surface area contributed by atoms with Crippen LogP contribution in [0.4, 0.5) is 10.8 Å². The predicted molar refractivity (Wildman–Crippen MR) is 83.0 cm³/mol. The lowest BCUT2D eigenvalue weighted by molar-refractivity contribution is -0.139. The summed E-state index contributed by atoms with van der Waals surface area (Å²) in [5, 5.41) is 5.78. The molecule has 0 aliphatic heterocycles. The first-order valence-corrected chi connectivity index (χ1v) is 7.78. The molecule has 0 amide bonds. The van der Waals surface area contributed by atoms with Crippen molar-refractivity contribution in [1.29, 1.82) is 0 Å². The summed E-state index contributed by atoms with van der Waals surface area (Å²) in [6.07, 6.45) is 0.189. The molecule has 1 N–H and O–H groups in total. The molecule has 0 radical (unpaired) electrons. The Labute approximate surface area is 131 Å². The first-order valence-electron chi connectivity index (χ1n) is 5.32. The van der Waals surface area contributed by atoms with Gasteiger partial charge in [-0.15, -0.1) is 11.3 Å². The van der Waals surface area contributed by atoms with E-state index in [1.807, 2.05) is 23.6 Å². The number of carbonyl (C=O) groups is 1. The summed E-state index contributed by atoms with van der Waals surface area (Å²) < 4.78 is 6.53. The number of hydrogen-bond donors (Lipinski definition) is 1. The Kier molecular flexibility index (Phi) is 4.95. The highest BCUT2D eigenvalue weighted by Crippen LogP contribution is 2.30. The minimum absolute atomic E-state index is 0.189. The van der Waals surface area contributed by atoms with E-state index in [0.717, 1.165) is 19.8 Å². The number of halogens is 2. The van der Waals surface area contributed by atoms with Crippen LogP contribution in [0.3, 0.4) is 0 Å². The maximum absolute atomic E-state index is 11.2. The van der Waals surface area contributed by atoms with Crippen molar-refractivity contribution in [3.8, 4) is 0 Å². The van der Waals surface area contributed by atoms with E-state index < -0.39 is 0 Å². The molecule has 1 aromatic carbocycles. The number of nitrogens with one attached hydrogen (secondary N) is 1. The molecular formula is C12H10Br2N2O2S. The minimum atomic E-state index is -0.291. The Morgan fingerprint density at radius 2 is 2.26 bits per heavy atom. The van der Waals surface area contributed by atoms with Gasteiger partial charge in [-0.25, -0.2) is 4.98 Å². The van der Waals surface area contributed by atoms with E-state index in [-0.39, 0.29) is 12.4 Å². The number of nitrogens with zero attached hydrogens (tertiary/aromatic N) is 1. The number of methoxy groups -OCH3 is 1. The van der Waals surface area contributed by atoms with Crippen molar-refractivity contribution in [3.63, 3.8) is 0 Å². The van der Waals surface area contributed by atoms with Gasteiger partial charge in [0.25, 0.3) is 0 Å². The zero-order valence-electron chi connectivity index (χ0n) is 9.94. The number of carbonyl (C=O) groups excluding carboxylic acids is 1. The van der Waals surface area contributed by atoms with Crippen LogP contribution in [0.25, 0.3) is 0 Å². The fourth-order valence-corrected chi connectivity index (χ4v) is 2.80. The van der Waals surface area contributed by atoms with E-state index in [4.69, 9.17) is 0 Å². The van der Waals surface area contributed by atoms with Gasteiger partial charge in [0.2, 0.25) is 0 Å². The number of esters is 1. The Morgan fingerprint density at radius 3 is 3.00 bits per heavy atom. The highest BCUT2D eigenvalue weighted by Gasteiger charge is 2.09. The minimum Gasteiger partial charge on any atom is -0.469 e. The molecule has 1 aromatic heterocycles. The van der Waals surface area contributed by atoms with E-state index in [9.17, 15) is 4.79 Å². The molecule has 0 fully saturated rings. The fraction of sp³-hybridized carbons (Fsp3) is 0.167. The zero-order chi connectivity index (χ0) is 13.8. The molecule has 7 heteroatoms. The average Bonchev–Trinajstić information content (AvgIpc) is 2.81. The standard InChI is InChI=1S/C12H10Br2N2O2S/c1-18-11(17)5-8-6-19-12(15-8)16-10-4-7(13)2-3-9(10)14/h2-4,6H,5H2,1H3,(H,15,16). The fourth-order valence-electron chi connectivity index (χ4n) is 1.37. The summed E-state index contributed by atoms with van der Waals surface area (Å²) in [6.45, 7) is 0. The smallest absolute Gasteiger partial charge is 0.311 e. The van der Waals surface area contributed by atoms with Crippen LogP contribution in [0.1, 0.15) is 5.69 Å². The number of benzene rings is 1. The third kappa shape index (κ3) is 4.02. The number of thiazole rings is 1. The molecule has 2 aromatic rings. The van der Waals surface area contributed by atoms with Crippen molar-refractivity contribution >= 4 is 60.0 Å². The second-order valence-electron chi connectivity index (χ2n) is 3.65. The molecule has 0 spiro atoms. The molecule has 0 saturated heterocycles. The van der Waals surface area contributed by atoms with Crippen LogP contribution in [0.15, 0.2) is 32.5 Å². The summed E-state index contributed by atoms with van der Waals surface area (Å²) in [5.41, 5.74) is 1.61. The molecule has 0 saturated carbocycles. The van der Waals surface area contributed by atoms with Gasteiger partial charge in [-0.2, -0.15) is 0 Å². The first kappa shape index (κ1) is 14.5. The summed E-state index contributed by atoms with van der Waals surface area (Å²) in [7, 11) is 1.37. The number of anilines is 2. The van der Waals surface area contributed by atoms with Crippen molar-refractivity contribution in [3.05, 3.63) is 38.2 Å². The van der Waals surface area contributed by atoms with Gasteiger partial charge in [-0.1, -0.05) is 15.9 Å². The quantitative estimate of drug-likeness (QED) is 0.777. The first-order chi connectivity index (χ1) is 9.08. The van der Waals surface area contributed by atoms with Crippen molar-refractivity contribution in [2.75, 3.05) is 12.4 Å². The number of rotatable bonds is 4. The van der Waals surface area contributed by atoms with Gasteiger partial charge in [0.1, 0.15) is 0 Å². The van der Waals surface area contributed by atoms with Crippen LogP contribution in [0, 0.1) is 0 Å². The summed E-state index contributed by atoms with van der Waals surface area (Å²) in [4.78, 5) is 15.5. The maximum atomic E-state index is 11.2. The largest absolute Gasteiger partial charge is 0.469 e. The van der Waals surface area contributed by atoms with Crippen LogP contribution in [0.2, 0.25) is 0 Å². The van der Waals surface area contributed by atoms with E-state index in [1.54, 1.807) is 0 Å². The number of aromatic nitrogens is 1. The van der Waals surface area contributed by atoms with Gasteiger partial charge in [-0.05, 0) is 34.1 Å². The van der Waals surface area contributed by atoms with Crippen LogP contribution in [0.5, 0.6) is 0 Å². The molecule has 19 heavy (non-hydrogen) atoms. The molecule has 0 unspecified atom stereocenters. The summed E-state index contributed by atoms with van der Waals surface area (Å²) in [6, 6.07) is 5.83. The summed E-state index contributed by atoms with van der Waals surface area (Å²) in [5.74, 6) is -0.291. The van der Waals surface area contributed by atoms with E-state index in [1.165, 1.54) is 18.4 Å². The Morgan fingerprint density at radius 1 is 1.47 bits per heavy atom. The third-order valence-corrected chi connectivity index (χ3v) is 4.27.